The Morgan fingerprint density at radius 3 is 2.14 bits per heavy atom. The summed E-state index contributed by atoms with van der Waals surface area (Å²) in [6.45, 7) is 7.60. The predicted octanol–water partition coefficient (Wildman–Crippen LogP) is 2.82. The second-order valence-electron chi connectivity index (χ2n) is 8.09. The highest BCUT2D eigenvalue weighted by Crippen LogP contribution is 2.37. The van der Waals surface area contributed by atoms with Crippen molar-refractivity contribution in [2.45, 2.75) is 52.9 Å². The van der Waals surface area contributed by atoms with Gasteiger partial charge in [0, 0.05) is 37.9 Å². The Labute approximate surface area is 136 Å². The van der Waals surface area contributed by atoms with Crippen LogP contribution in [0.4, 0.5) is 0 Å². The molecule has 1 saturated carbocycles. The van der Waals surface area contributed by atoms with Gasteiger partial charge in [0.05, 0.1) is 0 Å². The first-order valence-electron chi connectivity index (χ1n) is 8.56. The largest absolute Gasteiger partial charge is 0.344 e. The Hall–Kier alpha value is -0.900. The molecule has 1 rings (SSSR count). The third-order valence-corrected chi connectivity index (χ3v) is 4.73. The van der Waals surface area contributed by atoms with Gasteiger partial charge in [-0.05, 0) is 32.9 Å². The van der Waals surface area contributed by atoms with E-state index in [4.69, 9.17) is 0 Å². The molecule has 0 aliphatic heterocycles. The van der Waals surface area contributed by atoms with E-state index in [1.165, 1.54) is 0 Å². The number of carbonyl (C=O) groups is 2. The van der Waals surface area contributed by atoms with Crippen LogP contribution in [0.2, 0.25) is 0 Å². The first-order valence-corrected chi connectivity index (χ1v) is 8.56. The number of nitrogens with zero attached hydrogens (tertiary/aromatic N) is 2. The van der Waals surface area contributed by atoms with Crippen molar-refractivity contribution in [3.63, 3.8) is 0 Å². The van der Waals surface area contributed by atoms with Crippen LogP contribution in [0.3, 0.4) is 0 Å². The lowest BCUT2D eigenvalue weighted by molar-refractivity contribution is -0.136. The Morgan fingerprint density at radius 1 is 1.00 bits per heavy atom. The molecule has 4 heteroatoms. The van der Waals surface area contributed by atoms with Crippen molar-refractivity contribution in [2.75, 3.05) is 34.2 Å². The maximum Gasteiger partial charge on any atom is 0.222 e. The molecule has 1 aliphatic rings. The zero-order chi connectivity index (χ0) is 16.9. The molecule has 0 spiro atoms. The van der Waals surface area contributed by atoms with Crippen LogP contribution in [0.25, 0.3) is 0 Å². The molecule has 0 N–H and O–H groups in total. The molecule has 0 aromatic rings. The van der Waals surface area contributed by atoms with Crippen molar-refractivity contribution in [3.05, 3.63) is 0 Å². The monoisotopic (exact) mass is 310 g/mol. The van der Waals surface area contributed by atoms with E-state index in [-0.39, 0.29) is 23.2 Å². The molecular formula is C18H34N2O2. The summed E-state index contributed by atoms with van der Waals surface area (Å²) in [5.74, 6) is 0.816. The van der Waals surface area contributed by atoms with Crippen molar-refractivity contribution < 1.29 is 9.59 Å². The molecule has 1 fully saturated rings. The Kier molecular flexibility index (Phi) is 7.04. The molecule has 4 nitrogen and oxygen atoms in total. The van der Waals surface area contributed by atoms with Gasteiger partial charge in [0.2, 0.25) is 5.91 Å². The maximum absolute atomic E-state index is 12.7. The van der Waals surface area contributed by atoms with E-state index in [2.05, 4.69) is 4.90 Å². The van der Waals surface area contributed by atoms with Crippen molar-refractivity contribution in [2.24, 2.45) is 17.3 Å². The predicted molar refractivity (Wildman–Crippen MR) is 90.7 cm³/mol. The molecule has 0 aromatic heterocycles. The Morgan fingerprint density at radius 2 is 1.59 bits per heavy atom. The van der Waals surface area contributed by atoms with E-state index in [9.17, 15) is 9.59 Å². The third-order valence-electron chi connectivity index (χ3n) is 4.73. The first-order chi connectivity index (χ1) is 10.1. The van der Waals surface area contributed by atoms with Crippen molar-refractivity contribution >= 4 is 11.7 Å². The number of likely N-dealkylation sites (N-methyl/N-ethyl adjacent to an activating group) is 2. The highest BCUT2D eigenvalue weighted by Gasteiger charge is 2.37. The van der Waals surface area contributed by atoms with Crippen LogP contribution in [0.15, 0.2) is 0 Å². The normalized spacial score (nSPS) is 22.7. The Balaban J connectivity index is 2.64. The minimum atomic E-state index is -0.305. The second-order valence-corrected chi connectivity index (χ2v) is 8.09. The number of amides is 1. The van der Waals surface area contributed by atoms with E-state index in [1.807, 2.05) is 46.8 Å². The maximum atomic E-state index is 12.7. The number of Topliss-reactive ketones (excluding diaryl/α,β-unsaturated/α-hetero) is 1. The van der Waals surface area contributed by atoms with Crippen LogP contribution in [0.5, 0.6) is 0 Å². The van der Waals surface area contributed by atoms with Crippen LogP contribution < -0.4 is 0 Å². The third kappa shape index (κ3) is 5.71. The number of ketones is 1. The molecule has 22 heavy (non-hydrogen) atoms. The molecule has 1 amide bonds. The number of hydrogen-bond donors (Lipinski definition) is 0. The van der Waals surface area contributed by atoms with Crippen molar-refractivity contribution in [1.82, 2.24) is 9.80 Å². The van der Waals surface area contributed by atoms with Gasteiger partial charge < -0.3 is 9.80 Å². The number of carbonyl (C=O) groups excluding carboxylic acids is 2. The van der Waals surface area contributed by atoms with Gasteiger partial charge in [-0.15, -0.1) is 0 Å². The van der Waals surface area contributed by atoms with Gasteiger partial charge in [-0.25, -0.2) is 0 Å². The summed E-state index contributed by atoms with van der Waals surface area (Å²) in [5, 5.41) is 0. The quantitative estimate of drug-likeness (QED) is 0.757. The average Bonchev–Trinajstić information content (AvgIpc) is 2.43. The summed E-state index contributed by atoms with van der Waals surface area (Å²) < 4.78 is 0. The zero-order valence-corrected chi connectivity index (χ0v) is 15.3. The molecule has 0 unspecified atom stereocenters. The second kappa shape index (κ2) is 8.09. The summed E-state index contributed by atoms with van der Waals surface area (Å²) in [5.41, 5.74) is -0.305. The molecule has 128 valence electrons. The fraction of sp³-hybridized carbons (Fsp3) is 0.889. The molecule has 0 radical (unpaired) electrons. The van der Waals surface area contributed by atoms with E-state index in [1.54, 1.807) is 0 Å². The molecule has 1 aliphatic carbocycles. The molecule has 0 heterocycles. The average molecular weight is 310 g/mol. The van der Waals surface area contributed by atoms with E-state index in [0.717, 1.165) is 38.8 Å². The minimum absolute atomic E-state index is 0.0694. The van der Waals surface area contributed by atoms with E-state index < -0.39 is 0 Å². The zero-order valence-electron chi connectivity index (χ0n) is 15.3. The van der Waals surface area contributed by atoms with E-state index >= 15 is 0 Å². The van der Waals surface area contributed by atoms with Crippen LogP contribution in [0.1, 0.15) is 52.9 Å². The topological polar surface area (TPSA) is 40.6 Å². The molecule has 2 atom stereocenters. The number of rotatable bonds is 6. The van der Waals surface area contributed by atoms with E-state index in [0.29, 0.717) is 12.2 Å². The van der Waals surface area contributed by atoms with Gasteiger partial charge in [-0.2, -0.15) is 0 Å². The van der Waals surface area contributed by atoms with Crippen LogP contribution >= 0.6 is 0 Å². The fourth-order valence-electron chi connectivity index (χ4n) is 3.21. The molecule has 0 bridgehead atoms. The summed E-state index contributed by atoms with van der Waals surface area (Å²) in [6, 6.07) is 0. The van der Waals surface area contributed by atoms with Gasteiger partial charge in [0.1, 0.15) is 5.78 Å². The highest BCUT2D eigenvalue weighted by atomic mass is 16.2. The molecule has 0 aromatic carbocycles. The van der Waals surface area contributed by atoms with Crippen molar-refractivity contribution in [1.29, 1.82) is 0 Å². The van der Waals surface area contributed by atoms with Crippen LogP contribution in [-0.2, 0) is 9.59 Å². The Bertz CT molecular complexity index is 385. The molecular weight excluding hydrogens is 276 g/mol. The van der Waals surface area contributed by atoms with Crippen LogP contribution in [0, 0.1) is 17.3 Å². The van der Waals surface area contributed by atoms with Gasteiger partial charge in [-0.3, -0.25) is 9.59 Å². The van der Waals surface area contributed by atoms with Gasteiger partial charge >= 0.3 is 0 Å². The smallest absolute Gasteiger partial charge is 0.222 e. The summed E-state index contributed by atoms with van der Waals surface area (Å²) >= 11 is 0. The fourth-order valence-corrected chi connectivity index (χ4v) is 3.21. The van der Waals surface area contributed by atoms with Crippen LogP contribution in [-0.4, -0.2) is 55.7 Å². The summed E-state index contributed by atoms with van der Waals surface area (Å²) in [4.78, 5) is 29.0. The summed E-state index contributed by atoms with van der Waals surface area (Å²) in [7, 11) is 5.89. The van der Waals surface area contributed by atoms with Gasteiger partial charge in [0.25, 0.3) is 0 Å². The lowest BCUT2D eigenvalue weighted by atomic mass is 9.69. The standard InChI is InChI=1S/C18H34N2O2/c1-18(2,3)17(22)15-10-8-7-9-14(15)13-16(21)20(6)12-11-19(4)5/h14-15H,7-13H2,1-6H3/t14-,15-/m1/s1. The molecule has 0 saturated heterocycles. The SMILES string of the molecule is CN(C)CCN(C)C(=O)C[C@H]1CCCC[C@H]1C(=O)C(C)(C)C. The van der Waals surface area contributed by atoms with Gasteiger partial charge in [-0.1, -0.05) is 33.6 Å². The summed E-state index contributed by atoms with van der Waals surface area (Å²) in [6.07, 6.45) is 4.76. The lowest BCUT2D eigenvalue weighted by Crippen LogP contribution is -2.39. The number of hydrogen-bond acceptors (Lipinski definition) is 3. The lowest BCUT2D eigenvalue weighted by Gasteiger charge is -2.35. The first kappa shape index (κ1) is 19.1. The minimum Gasteiger partial charge on any atom is -0.344 e. The van der Waals surface area contributed by atoms with Crippen molar-refractivity contribution in [3.8, 4) is 0 Å². The highest BCUT2D eigenvalue weighted by molar-refractivity contribution is 5.87. The van der Waals surface area contributed by atoms with Gasteiger partial charge in [0.15, 0.2) is 0 Å².